The van der Waals surface area contributed by atoms with Gasteiger partial charge in [-0.1, -0.05) is 0 Å². The van der Waals surface area contributed by atoms with Crippen LogP contribution in [0.5, 0.6) is 0 Å². The highest BCUT2D eigenvalue weighted by Crippen LogP contribution is 2.18. The molecule has 3 heterocycles. The van der Waals surface area contributed by atoms with E-state index in [4.69, 9.17) is 4.74 Å². The van der Waals surface area contributed by atoms with Gasteiger partial charge in [0, 0.05) is 37.7 Å². The maximum absolute atomic E-state index is 13.3. The highest BCUT2D eigenvalue weighted by Gasteiger charge is 2.21. The molecule has 0 bridgehead atoms. The molecule has 1 aromatic carbocycles. The number of aromatic amines is 1. The number of nitrogens with zero attached hydrogens (tertiary/aromatic N) is 3. The molecule has 1 saturated heterocycles. The maximum atomic E-state index is 13.3. The number of morpholine rings is 1. The second kappa shape index (κ2) is 6.16. The fraction of sp³-hybridized carbons (Fsp3) is 0.353. The fourth-order valence-electron chi connectivity index (χ4n) is 3.00. The second-order valence-corrected chi connectivity index (χ2v) is 5.94. The third-order valence-corrected chi connectivity index (χ3v) is 4.14. The lowest BCUT2D eigenvalue weighted by atomic mass is 10.1. The van der Waals surface area contributed by atoms with Gasteiger partial charge < -0.3 is 14.6 Å². The van der Waals surface area contributed by atoms with Gasteiger partial charge in [-0.15, -0.1) is 0 Å². The molecule has 0 spiro atoms. The predicted molar refractivity (Wildman–Crippen MR) is 87.3 cm³/mol. The van der Waals surface area contributed by atoms with E-state index < -0.39 is 0 Å². The van der Waals surface area contributed by atoms with Crippen molar-refractivity contribution in [1.82, 2.24) is 14.9 Å². The van der Waals surface area contributed by atoms with Crippen molar-refractivity contribution in [2.24, 2.45) is 4.99 Å². The molecule has 2 aliphatic rings. The number of hydrogen-bond acceptors (Lipinski definition) is 5. The number of fused-ring (bicyclic) bond motifs is 1. The summed E-state index contributed by atoms with van der Waals surface area (Å²) in [5, 5.41) is 0. The second-order valence-electron chi connectivity index (χ2n) is 5.94. The van der Waals surface area contributed by atoms with Gasteiger partial charge in [0.2, 0.25) is 0 Å². The van der Waals surface area contributed by atoms with E-state index in [1.54, 1.807) is 12.1 Å². The number of halogens is 1. The molecule has 6 nitrogen and oxygen atoms in total. The van der Waals surface area contributed by atoms with E-state index in [-0.39, 0.29) is 11.6 Å². The van der Waals surface area contributed by atoms with Crippen LogP contribution in [0.4, 0.5) is 4.39 Å². The van der Waals surface area contributed by atoms with Crippen molar-refractivity contribution in [1.29, 1.82) is 0 Å². The molecule has 0 amide bonds. The third kappa shape index (κ3) is 3.07. The van der Waals surface area contributed by atoms with Crippen LogP contribution in [0.1, 0.15) is 12.2 Å². The molecule has 4 rings (SSSR count). The lowest BCUT2D eigenvalue weighted by Crippen LogP contribution is -2.36. The SMILES string of the molecule is O=C1C=C(N2CCOCC2)N=C(Cc2nc3ccc(F)cc3[nH]2)C1. The minimum absolute atomic E-state index is 0.0450. The Bertz CT molecular complexity index is 849. The summed E-state index contributed by atoms with van der Waals surface area (Å²) in [5.74, 6) is 1.13. The molecular weight excluding hydrogens is 311 g/mol. The Hall–Kier alpha value is -2.54. The predicted octanol–water partition coefficient (Wildman–Crippen LogP) is 1.83. The molecule has 0 radical (unpaired) electrons. The van der Waals surface area contributed by atoms with Crippen molar-refractivity contribution in [2.75, 3.05) is 26.3 Å². The van der Waals surface area contributed by atoms with Gasteiger partial charge >= 0.3 is 0 Å². The summed E-state index contributed by atoms with van der Waals surface area (Å²) in [6.45, 7) is 2.76. The van der Waals surface area contributed by atoms with Gasteiger partial charge in [0.1, 0.15) is 17.5 Å². The minimum Gasteiger partial charge on any atom is -0.378 e. The van der Waals surface area contributed by atoms with Crippen LogP contribution in [0.15, 0.2) is 35.1 Å². The van der Waals surface area contributed by atoms with Crippen molar-refractivity contribution >= 4 is 22.5 Å². The van der Waals surface area contributed by atoms with Crippen LogP contribution >= 0.6 is 0 Å². The minimum atomic E-state index is -0.305. The van der Waals surface area contributed by atoms with Gasteiger partial charge in [0.05, 0.1) is 24.2 Å². The van der Waals surface area contributed by atoms with E-state index in [9.17, 15) is 9.18 Å². The summed E-state index contributed by atoms with van der Waals surface area (Å²) in [5.41, 5.74) is 2.12. The van der Waals surface area contributed by atoms with Gasteiger partial charge in [0.15, 0.2) is 5.78 Å². The molecule has 1 N–H and O–H groups in total. The summed E-state index contributed by atoms with van der Waals surface area (Å²) in [6.07, 6.45) is 2.34. The molecule has 2 aliphatic heterocycles. The highest BCUT2D eigenvalue weighted by atomic mass is 19.1. The molecule has 2 aromatic rings. The Morgan fingerprint density at radius 1 is 1.29 bits per heavy atom. The average molecular weight is 328 g/mol. The lowest BCUT2D eigenvalue weighted by molar-refractivity contribution is -0.113. The van der Waals surface area contributed by atoms with Crippen LogP contribution in [0.25, 0.3) is 11.0 Å². The molecule has 124 valence electrons. The average Bonchev–Trinajstić information content (AvgIpc) is 2.96. The number of carbonyl (C=O) groups excluding carboxylic acids is 1. The molecule has 24 heavy (non-hydrogen) atoms. The number of ether oxygens (including phenoxy) is 1. The van der Waals surface area contributed by atoms with Crippen LogP contribution in [0, 0.1) is 5.82 Å². The number of ketones is 1. The first-order chi connectivity index (χ1) is 11.7. The smallest absolute Gasteiger partial charge is 0.164 e. The van der Waals surface area contributed by atoms with Crippen LogP contribution < -0.4 is 0 Å². The van der Waals surface area contributed by atoms with E-state index >= 15 is 0 Å². The van der Waals surface area contributed by atoms with Crippen LogP contribution in [0.2, 0.25) is 0 Å². The molecule has 7 heteroatoms. The fourth-order valence-corrected chi connectivity index (χ4v) is 3.00. The molecule has 0 atom stereocenters. The van der Waals surface area contributed by atoms with E-state index in [1.165, 1.54) is 12.1 Å². The summed E-state index contributed by atoms with van der Waals surface area (Å²) >= 11 is 0. The number of imidazole rings is 1. The van der Waals surface area contributed by atoms with E-state index in [2.05, 4.69) is 19.9 Å². The summed E-state index contributed by atoms with van der Waals surface area (Å²) < 4.78 is 18.6. The monoisotopic (exact) mass is 328 g/mol. The molecule has 0 saturated carbocycles. The van der Waals surface area contributed by atoms with Crippen molar-refractivity contribution in [3.8, 4) is 0 Å². The first-order valence-corrected chi connectivity index (χ1v) is 7.95. The molecule has 0 aliphatic carbocycles. The van der Waals surface area contributed by atoms with Crippen LogP contribution in [-0.2, 0) is 16.0 Å². The Balaban J connectivity index is 1.56. The van der Waals surface area contributed by atoms with Gasteiger partial charge in [-0.2, -0.15) is 0 Å². The van der Waals surface area contributed by atoms with Gasteiger partial charge in [-0.05, 0) is 18.2 Å². The van der Waals surface area contributed by atoms with Gasteiger partial charge in [-0.3, -0.25) is 4.79 Å². The largest absolute Gasteiger partial charge is 0.378 e. The van der Waals surface area contributed by atoms with Crippen LogP contribution in [0.3, 0.4) is 0 Å². The van der Waals surface area contributed by atoms with E-state index in [0.717, 1.165) is 18.8 Å². The first-order valence-electron chi connectivity index (χ1n) is 7.95. The standard InChI is InChI=1S/C17H17FN4O2/c18-11-1-2-14-15(7-11)21-16(20-14)9-12-8-13(23)10-17(19-12)22-3-5-24-6-4-22/h1-2,7,10H,3-6,8-9H2,(H,20,21). The molecule has 1 fully saturated rings. The quantitative estimate of drug-likeness (QED) is 0.933. The van der Waals surface area contributed by atoms with E-state index in [1.807, 2.05) is 0 Å². The van der Waals surface area contributed by atoms with E-state index in [0.29, 0.717) is 48.7 Å². The Morgan fingerprint density at radius 2 is 2.12 bits per heavy atom. The number of aromatic nitrogens is 2. The number of rotatable bonds is 3. The number of aliphatic imine (C=N–C) groups is 1. The normalized spacial score (nSPS) is 18.7. The van der Waals surface area contributed by atoms with Gasteiger partial charge in [-0.25, -0.2) is 14.4 Å². The number of nitrogens with one attached hydrogen (secondary N) is 1. The summed E-state index contributed by atoms with van der Waals surface area (Å²) in [6, 6.07) is 4.43. The summed E-state index contributed by atoms with van der Waals surface area (Å²) in [7, 11) is 0. The Labute approximate surface area is 138 Å². The highest BCUT2D eigenvalue weighted by molar-refractivity contribution is 6.09. The van der Waals surface area contributed by atoms with Crippen molar-refractivity contribution in [3.63, 3.8) is 0 Å². The van der Waals surface area contributed by atoms with Crippen molar-refractivity contribution in [3.05, 3.63) is 41.7 Å². The molecule has 1 aromatic heterocycles. The lowest BCUT2D eigenvalue weighted by Gasteiger charge is -2.30. The van der Waals surface area contributed by atoms with Gasteiger partial charge in [0.25, 0.3) is 0 Å². The Kier molecular flexibility index (Phi) is 3.86. The zero-order chi connectivity index (χ0) is 16.5. The number of benzene rings is 1. The van der Waals surface area contributed by atoms with Crippen LogP contribution in [-0.4, -0.2) is 52.7 Å². The number of H-pyrrole nitrogens is 1. The number of allylic oxidation sites excluding steroid dienone is 1. The zero-order valence-corrected chi connectivity index (χ0v) is 13.1. The molecule has 0 unspecified atom stereocenters. The summed E-state index contributed by atoms with van der Waals surface area (Å²) in [4.78, 5) is 26.3. The first kappa shape index (κ1) is 15.0. The van der Waals surface area contributed by atoms with Crippen molar-refractivity contribution < 1.29 is 13.9 Å². The third-order valence-electron chi connectivity index (χ3n) is 4.14. The zero-order valence-electron chi connectivity index (χ0n) is 13.1. The number of hydrogen-bond donors (Lipinski definition) is 1. The number of carbonyl (C=O) groups is 1. The Morgan fingerprint density at radius 3 is 2.96 bits per heavy atom. The maximum Gasteiger partial charge on any atom is 0.164 e. The van der Waals surface area contributed by atoms with Crippen molar-refractivity contribution in [2.45, 2.75) is 12.8 Å². The topological polar surface area (TPSA) is 70.6 Å². The molecular formula is C17H17FN4O2.